The van der Waals surface area contributed by atoms with Gasteiger partial charge in [0.1, 0.15) is 18.1 Å². The molecule has 2 aromatic heterocycles. The number of imidazole rings is 1. The first-order chi connectivity index (χ1) is 14.1. The van der Waals surface area contributed by atoms with Crippen LogP contribution in [0.4, 0.5) is 0 Å². The van der Waals surface area contributed by atoms with Gasteiger partial charge in [0.05, 0.1) is 12.1 Å². The molecule has 1 amide bonds. The highest BCUT2D eigenvalue weighted by Crippen LogP contribution is 2.28. The lowest BCUT2D eigenvalue weighted by Gasteiger charge is -2.31. The average Bonchev–Trinajstić information content (AvgIpc) is 3.39. The SMILES string of the molecule is CCc1nccn1CC(=O)N1CCCC(c2ncc(Cc3ccccc3Cl)o2)C1. The molecule has 7 heteroatoms. The number of carbonyl (C=O) groups is 1. The van der Waals surface area contributed by atoms with Crippen molar-refractivity contribution in [3.05, 3.63) is 70.9 Å². The molecule has 0 N–H and O–H groups in total. The van der Waals surface area contributed by atoms with Crippen LogP contribution in [0.3, 0.4) is 0 Å². The molecule has 3 aromatic rings. The molecule has 1 atom stereocenters. The maximum atomic E-state index is 12.8. The third-order valence-electron chi connectivity index (χ3n) is 5.44. The van der Waals surface area contributed by atoms with E-state index < -0.39 is 0 Å². The highest BCUT2D eigenvalue weighted by Gasteiger charge is 2.28. The minimum Gasteiger partial charge on any atom is -0.445 e. The molecule has 0 aliphatic carbocycles. The van der Waals surface area contributed by atoms with Gasteiger partial charge in [-0.25, -0.2) is 9.97 Å². The first-order valence-corrected chi connectivity index (χ1v) is 10.5. The van der Waals surface area contributed by atoms with E-state index in [1.54, 1.807) is 12.4 Å². The summed E-state index contributed by atoms with van der Waals surface area (Å²) in [5.41, 5.74) is 1.02. The summed E-state index contributed by atoms with van der Waals surface area (Å²) in [6.45, 7) is 3.79. The molecule has 0 spiro atoms. The van der Waals surface area contributed by atoms with Gasteiger partial charge in [0, 0.05) is 43.3 Å². The zero-order valence-corrected chi connectivity index (χ0v) is 17.3. The van der Waals surface area contributed by atoms with Crippen molar-refractivity contribution in [2.45, 2.75) is 45.1 Å². The molecule has 6 nitrogen and oxygen atoms in total. The van der Waals surface area contributed by atoms with Crippen LogP contribution in [0.15, 0.2) is 47.3 Å². The molecule has 1 aromatic carbocycles. The van der Waals surface area contributed by atoms with Crippen molar-refractivity contribution in [1.82, 2.24) is 19.4 Å². The number of aryl methyl sites for hydroxylation is 1. The number of hydrogen-bond donors (Lipinski definition) is 0. The van der Waals surface area contributed by atoms with Gasteiger partial charge in [-0.2, -0.15) is 0 Å². The van der Waals surface area contributed by atoms with Crippen LogP contribution in [0.2, 0.25) is 5.02 Å². The van der Waals surface area contributed by atoms with Gasteiger partial charge in [0.2, 0.25) is 5.91 Å². The Morgan fingerprint density at radius 3 is 3.00 bits per heavy atom. The highest BCUT2D eigenvalue weighted by atomic mass is 35.5. The number of piperidine rings is 1. The summed E-state index contributed by atoms with van der Waals surface area (Å²) >= 11 is 6.25. The lowest BCUT2D eigenvalue weighted by atomic mass is 9.98. The Balaban J connectivity index is 1.40. The topological polar surface area (TPSA) is 64.2 Å². The Hall–Kier alpha value is -2.60. The van der Waals surface area contributed by atoms with Crippen molar-refractivity contribution in [1.29, 1.82) is 0 Å². The standard InChI is InChI=1S/C22H25ClN4O2/c1-2-20-24-9-11-26(20)15-21(28)27-10-5-7-17(14-27)22-25-13-18(29-22)12-16-6-3-4-8-19(16)23/h3-4,6,8-9,11,13,17H,2,5,7,10,12,14-15H2,1H3. The van der Waals surface area contributed by atoms with Crippen LogP contribution < -0.4 is 0 Å². The summed E-state index contributed by atoms with van der Waals surface area (Å²) in [5, 5.41) is 0.728. The molecule has 1 aliphatic heterocycles. The van der Waals surface area contributed by atoms with E-state index in [1.165, 1.54) is 0 Å². The van der Waals surface area contributed by atoms with Gasteiger partial charge in [-0.1, -0.05) is 36.7 Å². The second kappa shape index (κ2) is 8.82. The largest absolute Gasteiger partial charge is 0.445 e. The first-order valence-electron chi connectivity index (χ1n) is 10.1. The predicted octanol–water partition coefficient (Wildman–Crippen LogP) is 4.08. The Morgan fingerprint density at radius 2 is 2.17 bits per heavy atom. The summed E-state index contributed by atoms with van der Waals surface area (Å²) in [5.74, 6) is 2.68. The van der Waals surface area contributed by atoms with Crippen LogP contribution in [-0.2, 0) is 24.2 Å². The molecule has 0 saturated carbocycles. The first kappa shape index (κ1) is 19.7. The number of oxazole rings is 1. The summed E-state index contributed by atoms with van der Waals surface area (Å²) in [4.78, 5) is 23.5. The van der Waals surface area contributed by atoms with E-state index in [0.717, 1.165) is 48.0 Å². The third kappa shape index (κ3) is 4.53. The van der Waals surface area contributed by atoms with Crippen molar-refractivity contribution in [3.63, 3.8) is 0 Å². The molecular weight excluding hydrogens is 388 g/mol. The van der Waals surface area contributed by atoms with E-state index >= 15 is 0 Å². The number of carbonyl (C=O) groups excluding carboxylic acids is 1. The zero-order valence-electron chi connectivity index (χ0n) is 16.6. The number of likely N-dealkylation sites (tertiary alicyclic amines) is 1. The van der Waals surface area contributed by atoms with Crippen molar-refractivity contribution in [2.24, 2.45) is 0 Å². The fourth-order valence-electron chi connectivity index (χ4n) is 3.87. The van der Waals surface area contributed by atoms with Gasteiger partial charge in [0.15, 0.2) is 5.89 Å². The third-order valence-corrected chi connectivity index (χ3v) is 5.81. The minimum absolute atomic E-state index is 0.116. The van der Waals surface area contributed by atoms with E-state index in [-0.39, 0.29) is 11.8 Å². The smallest absolute Gasteiger partial charge is 0.242 e. The van der Waals surface area contributed by atoms with Gasteiger partial charge in [-0.3, -0.25) is 4.79 Å². The van der Waals surface area contributed by atoms with Crippen LogP contribution >= 0.6 is 11.6 Å². The van der Waals surface area contributed by atoms with Crippen LogP contribution in [0.5, 0.6) is 0 Å². The quantitative estimate of drug-likeness (QED) is 0.611. The molecule has 1 unspecified atom stereocenters. The van der Waals surface area contributed by atoms with Gasteiger partial charge in [0.25, 0.3) is 0 Å². The number of halogens is 1. The Kier molecular flexibility index (Phi) is 6.00. The van der Waals surface area contributed by atoms with Gasteiger partial charge in [-0.15, -0.1) is 0 Å². The molecule has 1 saturated heterocycles. The van der Waals surface area contributed by atoms with Crippen molar-refractivity contribution < 1.29 is 9.21 Å². The lowest BCUT2D eigenvalue weighted by molar-refractivity contribution is -0.133. The number of aromatic nitrogens is 3. The maximum absolute atomic E-state index is 12.8. The van der Waals surface area contributed by atoms with Crippen LogP contribution in [0.25, 0.3) is 0 Å². The van der Waals surface area contributed by atoms with Gasteiger partial charge >= 0.3 is 0 Å². The van der Waals surface area contributed by atoms with Crippen LogP contribution in [-0.4, -0.2) is 38.4 Å². The van der Waals surface area contributed by atoms with Gasteiger partial charge < -0.3 is 13.9 Å². The lowest BCUT2D eigenvalue weighted by Crippen LogP contribution is -2.41. The molecular formula is C22H25ClN4O2. The van der Waals surface area contributed by atoms with Crippen molar-refractivity contribution >= 4 is 17.5 Å². The van der Waals surface area contributed by atoms with E-state index in [9.17, 15) is 4.79 Å². The minimum atomic E-state index is 0.116. The molecule has 1 aliphatic rings. The highest BCUT2D eigenvalue weighted by molar-refractivity contribution is 6.31. The predicted molar refractivity (Wildman–Crippen MR) is 111 cm³/mol. The molecule has 0 radical (unpaired) electrons. The Bertz CT molecular complexity index is 981. The van der Waals surface area contributed by atoms with E-state index in [2.05, 4.69) is 9.97 Å². The molecule has 29 heavy (non-hydrogen) atoms. The number of nitrogens with zero attached hydrogens (tertiary/aromatic N) is 4. The zero-order chi connectivity index (χ0) is 20.2. The van der Waals surface area contributed by atoms with Crippen LogP contribution in [0.1, 0.15) is 48.7 Å². The molecule has 0 bridgehead atoms. The number of amides is 1. The Morgan fingerprint density at radius 1 is 1.31 bits per heavy atom. The maximum Gasteiger partial charge on any atom is 0.242 e. The summed E-state index contributed by atoms with van der Waals surface area (Å²) in [6.07, 6.45) is 8.74. The molecule has 1 fully saturated rings. The fourth-order valence-corrected chi connectivity index (χ4v) is 4.07. The Labute approximate surface area is 175 Å². The van der Waals surface area contributed by atoms with Crippen molar-refractivity contribution in [3.8, 4) is 0 Å². The fraction of sp³-hybridized carbons (Fsp3) is 0.409. The summed E-state index contributed by atoms with van der Waals surface area (Å²) < 4.78 is 7.96. The van der Waals surface area contributed by atoms with Crippen molar-refractivity contribution in [2.75, 3.05) is 13.1 Å². The summed E-state index contributed by atoms with van der Waals surface area (Å²) in [7, 11) is 0. The molecule has 3 heterocycles. The van der Waals surface area contributed by atoms with E-state index in [1.807, 2.05) is 46.9 Å². The number of hydrogen-bond acceptors (Lipinski definition) is 4. The molecule has 4 rings (SSSR count). The normalized spacial score (nSPS) is 16.9. The monoisotopic (exact) mass is 412 g/mol. The number of benzene rings is 1. The second-order valence-electron chi connectivity index (χ2n) is 7.44. The second-order valence-corrected chi connectivity index (χ2v) is 7.84. The average molecular weight is 413 g/mol. The molecule has 152 valence electrons. The van der Waals surface area contributed by atoms with E-state index in [0.29, 0.717) is 25.4 Å². The summed E-state index contributed by atoms with van der Waals surface area (Å²) in [6, 6.07) is 7.75. The van der Waals surface area contributed by atoms with Gasteiger partial charge in [-0.05, 0) is 24.5 Å². The van der Waals surface area contributed by atoms with E-state index in [4.69, 9.17) is 16.0 Å². The number of rotatable bonds is 6. The van der Waals surface area contributed by atoms with Crippen LogP contribution in [0, 0.1) is 0 Å².